The summed E-state index contributed by atoms with van der Waals surface area (Å²) in [5, 5.41) is 11.3. The first kappa shape index (κ1) is 20.5. The quantitative estimate of drug-likeness (QED) is 0.371. The lowest BCUT2D eigenvalue weighted by molar-refractivity contribution is -0.140. The minimum absolute atomic E-state index is 0.0145. The molecule has 2 saturated heterocycles. The van der Waals surface area contributed by atoms with Crippen molar-refractivity contribution in [1.29, 1.82) is 0 Å². The van der Waals surface area contributed by atoms with Crippen LogP contribution in [0, 0.1) is 6.92 Å². The van der Waals surface area contributed by atoms with Crippen molar-refractivity contribution in [2.24, 2.45) is 0 Å². The summed E-state index contributed by atoms with van der Waals surface area (Å²) < 4.78 is 12.7. The van der Waals surface area contributed by atoms with Crippen LogP contribution in [0.4, 0.5) is 0 Å². The van der Waals surface area contributed by atoms with Crippen LogP contribution in [-0.4, -0.2) is 75.4 Å². The summed E-state index contributed by atoms with van der Waals surface area (Å²) in [6, 6.07) is 8.09. The third-order valence-corrected chi connectivity index (χ3v) is 6.04. The Morgan fingerprint density at radius 2 is 1.97 bits per heavy atom. The Labute approximate surface area is 184 Å². The van der Waals surface area contributed by atoms with Crippen LogP contribution >= 0.6 is 0 Å². The average molecular weight is 436 g/mol. The topological polar surface area (TPSA) is 101 Å². The molecule has 2 aliphatic heterocycles. The Morgan fingerprint density at radius 1 is 1.16 bits per heavy atom. The number of imidazole rings is 1. The smallest absolute Gasteiger partial charge is 0.295 e. The number of hydrogen-bond donors (Lipinski definition) is 1. The molecule has 0 spiro atoms. The highest BCUT2D eigenvalue weighted by molar-refractivity contribution is 6.46. The van der Waals surface area contributed by atoms with Gasteiger partial charge in [0, 0.05) is 32.4 Å². The van der Waals surface area contributed by atoms with Crippen LogP contribution in [0.5, 0.6) is 0 Å². The van der Waals surface area contributed by atoms with Gasteiger partial charge in [0.25, 0.3) is 11.7 Å². The number of nitrogens with zero attached hydrogens (tertiary/aromatic N) is 4. The van der Waals surface area contributed by atoms with Crippen molar-refractivity contribution >= 4 is 23.1 Å². The minimum Gasteiger partial charge on any atom is -0.505 e. The Kier molecular flexibility index (Phi) is 5.28. The van der Waals surface area contributed by atoms with Crippen molar-refractivity contribution in [3.05, 3.63) is 65.5 Å². The van der Waals surface area contributed by atoms with E-state index < -0.39 is 17.7 Å². The summed E-state index contributed by atoms with van der Waals surface area (Å²) in [5.41, 5.74) is 1.61. The number of aryl methyl sites for hydroxylation is 1. The molecule has 5 rings (SSSR count). The standard InChI is InChI=1S/C23H24N4O5/c1-15-19(26-7-3-2-6-17(26)24-15)21(28)18-20(16-5-4-12-32-16)27(23(30)22(18)29)9-8-25-10-13-31-14-11-25/h2-7,12,20,28H,8-11,13-14H2,1H3/t20-/m0/s1. The second-order valence-corrected chi connectivity index (χ2v) is 7.94. The average Bonchev–Trinajstić information content (AvgIpc) is 3.50. The van der Waals surface area contributed by atoms with Crippen LogP contribution in [0.1, 0.15) is 23.2 Å². The Morgan fingerprint density at radius 3 is 2.72 bits per heavy atom. The fourth-order valence-corrected chi connectivity index (χ4v) is 4.45. The first-order valence-corrected chi connectivity index (χ1v) is 10.6. The van der Waals surface area contributed by atoms with E-state index >= 15 is 0 Å². The number of pyridine rings is 1. The predicted molar refractivity (Wildman–Crippen MR) is 115 cm³/mol. The first-order chi connectivity index (χ1) is 15.6. The molecule has 1 amide bonds. The van der Waals surface area contributed by atoms with Gasteiger partial charge >= 0.3 is 0 Å². The van der Waals surface area contributed by atoms with E-state index in [0.717, 1.165) is 13.1 Å². The molecule has 3 aromatic rings. The summed E-state index contributed by atoms with van der Waals surface area (Å²) in [7, 11) is 0. The van der Waals surface area contributed by atoms with Gasteiger partial charge in [0.05, 0.1) is 30.7 Å². The molecule has 0 radical (unpaired) electrons. The van der Waals surface area contributed by atoms with Gasteiger partial charge in [-0.25, -0.2) is 4.98 Å². The van der Waals surface area contributed by atoms with E-state index in [2.05, 4.69) is 9.88 Å². The number of aromatic nitrogens is 2. The van der Waals surface area contributed by atoms with Crippen molar-refractivity contribution in [3.63, 3.8) is 0 Å². The van der Waals surface area contributed by atoms with Gasteiger partial charge in [0.15, 0.2) is 5.76 Å². The van der Waals surface area contributed by atoms with E-state index in [0.29, 0.717) is 49.1 Å². The van der Waals surface area contributed by atoms with Crippen LogP contribution in [0.3, 0.4) is 0 Å². The number of fused-ring (bicyclic) bond motifs is 1. The largest absolute Gasteiger partial charge is 0.505 e. The number of hydrogen-bond acceptors (Lipinski definition) is 7. The molecule has 0 unspecified atom stereocenters. The fourth-order valence-electron chi connectivity index (χ4n) is 4.45. The molecule has 0 bridgehead atoms. The number of ether oxygens (including phenoxy) is 1. The number of likely N-dealkylation sites (tertiary alicyclic amines) is 1. The van der Waals surface area contributed by atoms with Crippen molar-refractivity contribution in [2.45, 2.75) is 13.0 Å². The van der Waals surface area contributed by atoms with Crippen molar-refractivity contribution in [3.8, 4) is 0 Å². The molecule has 5 heterocycles. The third-order valence-electron chi connectivity index (χ3n) is 6.04. The lowest BCUT2D eigenvalue weighted by Crippen LogP contribution is -2.42. The lowest BCUT2D eigenvalue weighted by atomic mass is 10.0. The maximum absolute atomic E-state index is 13.1. The van der Waals surface area contributed by atoms with Crippen LogP contribution in [0.25, 0.3) is 11.4 Å². The van der Waals surface area contributed by atoms with Gasteiger partial charge in [-0.05, 0) is 31.2 Å². The first-order valence-electron chi connectivity index (χ1n) is 10.6. The van der Waals surface area contributed by atoms with Crippen molar-refractivity contribution < 1.29 is 23.8 Å². The molecule has 2 fully saturated rings. The Hall–Kier alpha value is -3.43. The zero-order valence-corrected chi connectivity index (χ0v) is 17.7. The van der Waals surface area contributed by atoms with Gasteiger partial charge in [-0.1, -0.05) is 6.07 Å². The lowest BCUT2D eigenvalue weighted by Gasteiger charge is -2.30. The Balaban J connectivity index is 1.57. The molecule has 166 valence electrons. The molecule has 1 N–H and O–H groups in total. The molecule has 0 saturated carbocycles. The number of rotatable bonds is 5. The number of carbonyl (C=O) groups is 2. The van der Waals surface area contributed by atoms with Gasteiger partial charge in [-0.3, -0.25) is 18.9 Å². The van der Waals surface area contributed by atoms with E-state index in [4.69, 9.17) is 9.15 Å². The maximum atomic E-state index is 13.1. The molecular formula is C23H24N4O5. The highest BCUT2D eigenvalue weighted by Gasteiger charge is 2.47. The van der Waals surface area contributed by atoms with Crippen LogP contribution in [-0.2, 0) is 14.3 Å². The molecule has 9 nitrogen and oxygen atoms in total. The Bertz CT molecular complexity index is 1190. The zero-order chi connectivity index (χ0) is 22.2. The summed E-state index contributed by atoms with van der Waals surface area (Å²) >= 11 is 0. The molecule has 9 heteroatoms. The van der Waals surface area contributed by atoms with Crippen LogP contribution < -0.4 is 0 Å². The number of Topliss-reactive ketones (excluding diaryl/α,β-unsaturated/α-hetero) is 1. The highest BCUT2D eigenvalue weighted by atomic mass is 16.5. The number of furan rings is 1. The molecule has 1 atom stereocenters. The number of morpholine rings is 1. The van der Waals surface area contributed by atoms with Crippen LogP contribution in [0.15, 0.2) is 52.8 Å². The molecule has 2 aliphatic rings. The van der Waals surface area contributed by atoms with Crippen molar-refractivity contribution in [2.75, 3.05) is 39.4 Å². The summed E-state index contributed by atoms with van der Waals surface area (Å²) in [4.78, 5) is 34.3. The molecular weight excluding hydrogens is 412 g/mol. The maximum Gasteiger partial charge on any atom is 0.295 e. The number of aliphatic hydroxyl groups is 1. The second kappa shape index (κ2) is 8.25. The zero-order valence-electron chi connectivity index (χ0n) is 17.7. The van der Waals surface area contributed by atoms with Gasteiger partial charge in [-0.2, -0.15) is 0 Å². The van der Waals surface area contributed by atoms with E-state index in [1.807, 2.05) is 18.2 Å². The molecule has 3 aromatic heterocycles. The van der Waals surface area contributed by atoms with Gasteiger partial charge < -0.3 is 19.2 Å². The summed E-state index contributed by atoms with van der Waals surface area (Å²) in [6.07, 6.45) is 3.26. The minimum atomic E-state index is -0.806. The summed E-state index contributed by atoms with van der Waals surface area (Å²) in [6.45, 7) is 5.54. The van der Waals surface area contributed by atoms with E-state index in [-0.39, 0.29) is 11.3 Å². The molecule has 0 aliphatic carbocycles. The normalized spacial score (nSPS) is 21.7. The van der Waals surface area contributed by atoms with Gasteiger partial charge in [-0.15, -0.1) is 0 Å². The fraction of sp³-hybridized carbons (Fsp3) is 0.348. The summed E-state index contributed by atoms with van der Waals surface area (Å²) in [5.74, 6) is -1.20. The molecule has 32 heavy (non-hydrogen) atoms. The second-order valence-electron chi connectivity index (χ2n) is 7.94. The molecule has 0 aromatic carbocycles. The number of amides is 1. The monoisotopic (exact) mass is 436 g/mol. The SMILES string of the molecule is Cc1nc2ccccn2c1C(O)=C1C(=O)C(=O)N(CCN2CCOCC2)[C@H]1c1ccco1. The third kappa shape index (κ3) is 3.39. The number of ketones is 1. The van der Waals surface area contributed by atoms with E-state index in [1.165, 1.54) is 11.2 Å². The van der Waals surface area contributed by atoms with Gasteiger partial charge in [0.1, 0.15) is 23.1 Å². The van der Waals surface area contributed by atoms with E-state index in [1.54, 1.807) is 29.7 Å². The van der Waals surface area contributed by atoms with Crippen molar-refractivity contribution in [1.82, 2.24) is 19.2 Å². The number of aliphatic hydroxyl groups excluding tert-OH is 1. The number of carbonyl (C=O) groups excluding carboxylic acids is 2. The van der Waals surface area contributed by atoms with Crippen LogP contribution in [0.2, 0.25) is 0 Å². The van der Waals surface area contributed by atoms with E-state index in [9.17, 15) is 14.7 Å². The highest BCUT2D eigenvalue weighted by Crippen LogP contribution is 2.40. The van der Waals surface area contributed by atoms with Gasteiger partial charge in [0.2, 0.25) is 0 Å². The predicted octanol–water partition coefficient (Wildman–Crippen LogP) is 1.99.